The van der Waals surface area contributed by atoms with Crippen LogP contribution in [0.5, 0.6) is 0 Å². The molecule has 0 saturated heterocycles. The van der Waals surface area contributed by atoms with Crippen LogP contribution >= 0.6 is 11.6 Å². The van der Waals surface area contributed by atoms with Crippen molar-refractivity contribution in [2.75, 3.05) is 11.9 Å². The van der Waals surface area contributed by atoms with Gasteiger partial charge in [-0.15, -0.1) is 0 Å². The first-order valence-corrected chi connectivity index (χ1v) is 6.19. The standard InChI is InChI=1S/C12H16ClN3O/c1-8-10(4-5-11(13)15-8)16-12(17)6-7-14-9-2-3-9/h4-5,9,14H,2-3,6-7H2,1H3,(H,16,17). The van der Waals surface area contributed by atoms with Gasteiger partial charge in [0, 0.05) is 19.0 Å². The summed E-state index contributed by atoms with van der Waals surface area (Å²) < 4.78 is 0. The van der Waals surface area contributed by atoms with Crippen LogP contribution in [-0.2, 0) is 4.79 Å². The lowest BCUT2D eigenvalue weighted by atomic mass is 10.3. The average Bonchev–Trinajstić information content (AvgIpc) is 3.06. The first kappa shape index (κ1) is 12.3. The molecule has 1 aliphatic rings. The first-order chi connectivity index (χ1) is 8.15. The van der Waals surface area contributed by atoms with E-state index in [-0.39, 0.29) is 5.91 Å². The lowest BCUT2D eigenvalue weighted by Gasteiger charge is -2.08. The van der Waals surface area contributed by atoms with E-state index in [9.17, 15) is 4.79 Å². The Balaban J connectivity index is 1.79. The Labute approximate surface area is 106 Å². The van der Waals surface area contributed by atoms with Gasteiger partial charge in [0.15, 0.2) is 0 Å². The second-order valence-corrected chi connectivity index (χ2v) is 4.68. The molecule has 1 amide bonds. The van der Waals surface area contributed by atoms with Crippen molar-refractivity contribution in [2.24, 2.45) is 0 Å². The molecule has 1 aliphatic carbocycles. The number of nitrogens with zero attached hydrogens (tertiary/aromatic N) is 1. The molecule has 0 aliphatic heterocycles. The summed E-state index contributed by atoms with van der Waals surface area (Å²) in [4.78, 5) is 15.7. The van der Waals surface area contributed by atoms with Crippen LogP contribution in [0, 0.1) is 6.92 Å². The summed E-state index contributed by atoms with van der Waals surface area (Å²) in [6.45, 7) is 2.56. The fourth-order valence-electron chi connectivity index (χ4n) is 1.55. The zero-order valence-electron chi connectivity index (χ0n) is 9.79. The Morgan fingerprint density at radius 2 is 2.29 bits per heavy atom. The molecule has 5 heteroatoms. The molecule has 0 aromatic carbocycles. The van der Waals surface area contributed by atoms with Crippen LogP contribution in [-0.4, -0.2) is 23.5 Å². The zero-order valence-corrected chi connectivity index (χ0v) is 10.5. The summed E-state index contributed by atoms with van der Waals surface area (Å²) in [5.74, 6) is 0.00497. The number of pyridine rings is 1. The SMILES string of the molecule is Cc1nc(Cl)ccc1NC(=O)CCNC1CC1. The van der Waals surface area contributed by atoms with Crippen molar-refractivity contribution in [3.05, 3.63) is 23.0 Å². The number of rotatable bonds is 5. The fourth-order valence-corrected chi connectivity index (χ4v) is 1.74. The molecule has 0 spiro atoms. The van der Waals surface area contributed by atoms with Gasteiger partial charge in [-0.05, 0) is 31.9 Å². The average molecular weight is 254 g/mol. The highest BCUT2D eigenvalue weighted by Gasteiger charge is 2.20. The van der Waals surface area contributed by atoms with E-state index in [4.69, 9.17) is 11.6 Å². The molecule has 1 saturated carbocycles. The number of hydrogen-bond acceptors (Lipinski definition) is 3. The van der Waals surface area contributed by atoms with Gasteiger partial charge in [0.1, 0.15) is 5.15 Å². The van der Waals surface area contributed by atoms with Crippen molar-refractivity contribution in [1.82, 2.24) is 10.3 Å². The largest absolute Gasteiger partial charge is 0.324 e. The van der Waals surface area contributed by atoms with Gasteiger partial charge in [0.05, 0.1) is 11.4 Å². The van der Waals surface area contributed by atoms with Crippen molar-refractivity contribution < 1.29 is 4.79 Å². The number of aryl methyl sites for hydroxylation is 1. The van der Waals surface area contributed by atoms with E-state index in [1.54, 1.807) is 12.1 Å². The number of anilines is 1. The molecule has 1 aromatic rings. The highest BCUT2D eigenvalue weighted by molar-refractivity contribution is 6.29. The van der Waals surface area contributed by atoms with Gasteiger partial charge in [0.25, 0.3) is 0 Å². The molecule has 1 aromatic heterocycles. The van der Waals surface area contributed by atoms with E-state index in [1.165, 1.54) is 12.8 Å². The maximum atomic E-state index is 11.6. The summed E-state index contributed by atoms with van der Waals surface area (Å²) in [7, 11) is 0. The summed E-state index contributed by atoms with van der Waals surface area (Å²) in [6.07, 6.45) is 2.96. The maximum Gasteiger partial charge on any atom is 0.225 e. The molecule has 0 atom stereocenters. The molecule has 4 nitrogen and oxygen atoms in total. The lowest BCUT2D eigenvalue weighted by Crippen LogP contribution is -2.23. The number of nitrogens with one attached hydrogen (secondary N) is 2. The topological polar surface area (TPSA) is 54.0 Å². The second kappa shape index (κ2) is 5.47. The maximum absolute atomic E-state index is 11.6. The Morgan fingerprint density at radius 3 is 2.94 bits per heavy atom. The molecule has 92 valence electrons. The van der Waals surface area contributed by atoms with Crippen LogP contribution < -0.4 is 10.6 Å². The molecule has 2 N–H and O–H groups in total. The molecule has 2 rings (SSSR count). The first-order valence-electron chi connectivity index (χ1n) is 5.81. The van der Waals surface area contributed by atoms with Crippen LogP contribution in [0.3, 0.4) is 0 Å². The number of carbonyl (C=O) groups excluding carboxylic acids is 1. The second-order valence-electron chi connectivity index (χ2n) is 4.29. The van der Waals surface area contributed by atoms with Gasteiger partial charge < -0.3 is 10.6 Å². The number of carbonyl (C=O) groups is 1. The molecule has 17 heavy (non-hydrogen) atoms. The highest BCUT2D eigenvalue weighted by Crippen LogP contribution is 2.18. The van der Waals surface area contributed by atoms with Crippen molar-refractivity contribution >= 4 is 23.2 Å². The van der Waals surface area contributed by atoms with Gasteiger partial charge in [-0.1, -0.05) is 11.6 Å². The lowest BCUT2D eigenvalue weighted by molar-refractivity contribution is -0.116. The van der Waals surface area contributed by atoms with Crippen LogP contribution in [0.2, 0.25) is 5.15 Å². The van der Waals surface area contributed by atoms with E-state index >= 15 is 0 Å². The smallest absolute Gasteiger partial charge is 0.225 e. The quantitative estimate of drug-likeness (QED) is 0.791. The monoisotopic (exact) mass is 253 g/mol. The van der Waals surface area contributed by atoms with Crippen molar-refractivity contribution in [3.8, 4) is 0 Å². The van der Waals surface area contributed by atoms with E-state index < -0.39 is 0 Å². The summed E-state index contributed by atoms with van der Waals surface area (Å²) in [6, 6.07) is 4.09. The predicted molar refractivity (Wildman–Crippen MR) is 68.3 cm³/mol. The third kappa shape index (κ3) is 3.98. The van der Waals surface area contributed by atoms with E-state index in [1.807, 2.05) is 6.92 Å². The Kier molecular flexibility index (Phi) is 3.97. The molecule has 0 unspecified atom stereocenters. The fraction of sp³-hybridized carbons (Fsp3) is 0.500. The van der Waals surface area contributed by atoms with E-state index in [2.05, 4.69) is 15.6 Å². The number of aromatic nitrogens is 1. The number of amides is 1. The third-order valence-corrected chi connectivity index (χ3v) is 2.90. The molecular weight excluding hydrogens is 238 g/mol. The molecular formula is C12H16ClN3O. The van der Waals surface area contributed by atoms with E-state index in [0.717, 1.165) is 17.9 Å². The minimum atomic E-state index is 0.00497. The van der Waals surface area contributed by atoms with Crippen LogP contribution in [0.15, 0.2) is 12.1 Å². The summed E-state index contributed by atoms with van der Waals surface area (Å²) in [5.41, 5.74) is 1.46. The summed E-state index contributed by atoms with van der Waals surface area (Å²) in [5, 5.41) is 6.57. The Hall–Kier alpha value is -1.13. The van der Waals surface area contributed by atoms with Gasteiger partial charge in [0.2, 0.25) is 5.91 Å². The van der Waals surface area contributed by atoms with Crippen molar-refractivity contribution in [2.45, 2.75) is 32.2 Å². The molecule has 0 radical (unpaired) electrons. The molecule has 1 fully saturated rings. The minimum Gasteiger partial charge on any atom is -0.324 e. The van der Waals surface area contributed by atoms with Gasteiger partial charge in [-0.2, -0.15) is 0 Å². The molecule has 0 bridgehead atoms. The Bertz CT molecular complexity index is 418. The number of halogens is 1. The summed E-state index contributed by atoms with van der Waals surface area (Å²) >= 11 is 5.75. The van der Waals surface area contributed by atoms with Gasteiger partial charge in [-0.3, -0.25) is 4.79 Å². The number of hydrogen-bond donors (Lipinski definition) is 2. The highest BCUT2D eigenvalue weighted by atomic mass is 35.5. The van der Waals surface area contributed by atoms with Crippen molar-refractivity contribution in [3.63, 3.8) is 0 Å². The van der Waals surface area contributed by atoms with Crippen LogP contribution in [0.1, 0.15) is 25.0 Å². The van der Waals surface area contributed by atoms with Crippen LogP contribution in [0.25, 0.3) is 0 Å². The predicted octanol–water partition coefficient (Wildman–Crippen LogP) is 2.12. The van der Waals surface area contributed by atoms with Gasteiger partial charge >= 0.3 is 0 Å². The Morgan fingerprint density at radius 1 is 1.53 bits per heavy atom. The molecule has 1 heterocycles. The van der Waals surface area contributed by atoms with Crippen LogP contribution in [0.4, 0.5) is 5.69 Å². The minimum absolute atomic E-state index is 0.00497. The zero-order chi connectivity index (χ0) is 12.3. The van der Waals surface area contributed by atoms with E-state index in [0.29, 0.717) is 17.6 Å². The normalized spacial score (nSPS) is 14.7. The van der Waals surface area contributed by atoms with Crippen molar-refractivity contribution in [1.29, 1.82) is 0 Å². The van der Waals surface area contributed by atoms with Gasteiger partial charge in [-0.25, -0.2) is 4.98 Å². The third-order valence-electron chi connectivity index (χ3n) is 2.69.